The third-order valence-corrected chi connectivity index (χ3v) is 10.4. The van der Waals surface area contributed by atoms with Crippen molar-refractivity contribution in [3.63, 3.8) is 0 Å². The van der Waals surface area contributed by atoms with Crippen LogP contribution in [0.1, 0.15) is 11.1 Å². The second-order valence-corrected chi connectivity index (χ2v) is 13.0. The highest BCUT2D eigenvalue weighted by Crippen LogP contribution is 2.52. The Labute approximate surface area is 259 Å². The highest BCUT2D eigenvalue weighted by Gasteiger charge is 2.25. The van der Waals surface area contributed by atoms with E-state index in [2.05, 4.69) is 129 Å². The van der Waals surface area contributed by atoms with Gasteiger partial charge in [-0.15, -0.1) is 0 Å². The summed E-state index contributed by atoms with van der Waals surface area (Å²) in [4.78, 5) is 0. The van der Waals surface area contributed by atoms with E-state index in [0.717, 1.165) is 21.9 Å². The fraction of sp³-hybridized carbons (Fsp3) is 0.0455. The molecule has 0 amide bonds. The lowest BCUT2D eigenvalue weighted by Gasteiger charge is -2.18. The quantitative estimate of drug-likeness (QED) is 0.141. The average Bonchev–Trinajstić information content (AvgIpc) is 3.58. The summed E-state index contributed by atoms with van der Waals surface area (Å²) in [6.45, 7) is 4.44. The lowest BCUT2D eigenvalue weighted by molar-refractivity contribution is 0.669. The molecule has 9 aromatic carbocycles. The third kappa shape index (κ3) is 2.98. The van der Waals surface area contributed by atoms with Crippen molar-refractivity contribution in [3.05, 3.63) is 132 Å². The molecule has 0 fully saturated rings. The van der Waals surface area contributed by atoms with E-state index in [4.69, 9.17) is 4.42 Å². The number of aryl methyl sites for hydroxylation is 2. The van der Waals surface area contributed by atoms with E-state index in [0.29, 0.717) is 0 Å². The molecule has 0 N–H and O–H groups in total. The minimum Gasteiger partial charge on any atom is -0.456 e. The topological polar surface area (TPSA) is 13.1 Å². The minimum atomic E-state index is 0.930. The van der Waals surface area contributed by atoms with Gasteiger partial charge in [-0.3, -0.25) is 0 Å². The van der Waals surface area contributed by atoms with Gasteiger partial charge in [0, 0.05) is 10.8 Å². The Morgan fingerprint density at radius 2 is 1.02 bits per heavy atom. The van der Waals surface area contributed by atoms with Crippen LogP contribution in [0.3, 0.4) is 0 Å². The van der Waals surface area contributed by atoms with E-state index in [1.807, 2.05) is 6.07 Å². The third-order valence-electron chi connectivity index (χ3n) is 10.4. The van der Waals surface area contributed by atoms with E-state index in [1.54, 1.807) is 0 Å². The predicted molar refractivity (Wildman–Crippen MR) is 192 cm³/mol. The second-order valence-electron chi connectivity index (χ2n) is 13.0. The number of rotatable bonds is 1. The molecule has 0 saturated heterocycles. The van der Waals surface area contributed by atoms with Gasteiger partial charge in [0.05, 0.1) is 0 Å². The zero-order valence-corrected chi connectivity index (χ0v) is 25.0. The molecule has 1 aliphatic rings. The molecule has 0 unspecified atom stereocenters. The maximum Gasteiger partial charge on any atom is 0.136 e. The van der Waals surface area contributed by atoms with Crippen molar-refractivity contribution in [1.82, 2.24) is 0 Å². The molecule has 45 heavy (non-hydrogen) atoms. The summed E-state index contributed by atoms with van der Waals surface area (Å²) in [6.07, 6.45) is 0. The Morgan fingerprint density at radius 1 is 0.356 bits per heavy atom. The first-order valence-electron chi connectivity index (χ1n) is 15.8. The van der Waals surface area contributed by atoms with Gasteiger partial charge in [0.25, 0.3) is 0 Å². The van der Waals surface area contributed by atoms with Crippen LogP contribution in [0.5, 0.6) is 0 Å². The summed E-state index contributed by atoms with van der Waals surface area (Å²) >= 11 is 0. The molecule has 208 valence electrons. The maximum atomic E-state index is 6.31. The van der Waals surface area contributed by atoms with Crippen molar-refractivity contribution in [1.29, 1.82) is 0 Å². The molecule has 1 nitrogen and oxygen atoms in total. The molecule has 1 heteroatoms. The fourth-order valence-electron chi connectivity index (χ4n) is 8.55. The molecule has 0 spiro atoms. The van der Waals surface area contributed by atoms with Gasteiger partial charge >= 0.3 is 0 Å². The Balaban J connectivity index is 1.25. The number of fused-ring (bicyclic) bond motifs is 9. The highest BCUT2D eigenvalue weighted by molar-refractivity contribution is 6.36. The van der Waals surface area contributed by atoms with Crippen LogP contribution in [0, 0.1) is 13.8 Å². The van der Waals surface area contributed by atoms with Crippen LogP contribution in [-0.2, 0) is 0 Å². The minimum absolute atomic E-state index is 0.930. The van der Waals surface area contributed by atoms with Crippen LogP contribution in [0.25, 0.3) is 109 Å². The van der Waals surface area contributed by atoms with Crippen LogP contribution in [0.15, 0.2) is 126 Å². The first-order chi connectivity index (χ1) is 22.1. The van der Waals surface area contributed by atoms with Crippen molar-refractivity contribution in [2.24, 2.45) is 0 Å². The lowest BCUT2D eigenvalue weighted by atomic mass is 9.85. The Morgan fingerprint density at radius 3 is 1.82 bits per heavy atom. The highest BCUT2D eigenvalue weighted by atomic mass is 16.3. The second kappa shape index (κ2) is 8.08. The first-order valence-corrected chi connectivity index (χ1v) is 15.8. The number of furan rings is 1. The van der Waals surface area contributed by atoms with E-state index >= 15 is 0 Å². The molecule has 0 saturated carbocycles. The Hall–Kier alpha value is -5.66. The van der Waals surface area contributed by atoms with Gasteiger partial charge in [0.1, 0.15) is 11.2 Å². The summed E-state index contributed by atoms with van der Waals surface area (Å²) in [5.41, 5.74) is 12.3. The number of para-hydroxylation sites is 1. The van der Waals surface area contributed by atoms with Gasteiger partial charge in [-0.05, 0) is 143 Å². The monoisotopic (exact) mass is 570 g/mol. The van der Waals surface area contributed by atoms with Crippen LogP contribution in [0.2, 0.25) is 0 Å². The normalized spacial score (nSPS) is 12.7. The van der Waals surface area contributed by atoms with Crippen LogP contribution >= 0.6 is 0 Å². The largest absolute Gasteiger partial charge is 0.456 e. The van der Waals surface area contributed by atoms with Gasteiger partial charge in [0.2, 0.25) is 0 Å². The molecule has 0 atom stereocenters. The Kier molecular flexibility index (Phi) is 4.27. The van der Waals surface area contributed by atoms with Crippen molar-refractivity contribution < 1.29 is 4.42 Å². The van der Waals surface area contributed by atoms with Crippen molar-refractivity contribution in [2.45, 2.75) is 13.8 Å². The van der Waals surface area contributed by atoms with Crippen molar-refractivity contribution in [2.75, 3.05) is 0 Å². The van der Waals surface area contributed by atoms with E-state index < -0.39 is 0 Å². The molecule has 0 aliphatic heterocycles. The molecule has 1 aliphatic carbocycles. The van der Waals surface area contributed by atoms with Gasteiger partial charge in [-0.2, -0.15) is 0 Å². The van der Waals surface area contributed by atoms with E-state index in [1.165, 1.54) is 98.4 Å². The van der Waals surface area contributed by atoms with Gasteiger partial charge < -0.3 is 4.42 Å². The summed E-state index contributed by atoms with van der Waals surface area (Å²) in [5.74, 6) is 0. The SMILES string of the molecule is Cc1cc2c3c(cc(C)cc3c1)-c1cc3c(cc1-2)c1cccc2ccc4c(-c5ccc6c(c5)oc5ccccc56)ccc3c4c21. The zero-order valence-electron chi connectivity index (χ0n) is 25.0. The number of benzene rings is 9. The maximum absolute atomic E-state index is 6.31. The van der Waals surface area contributed by atoms with E-state index in [9.17, 15) is 0 Å². The molecule has 1 aromatic heterocycles. The van der Waals surface area contributed by atoms with Crippen LogP contribution in [-0.4, -0.2) is 0 Å². The van der Waals surface area contributed by atoms with Crippen molar-refractivity contribution in [3.8, 4) is 33.4 Å². The summed E-state index contributed by atoms with van der Waals surface area (Å²) < 4.78 is 6.31. The predicted octanol–water partition coefficient (Wildman–Crippen LogP) is 12.7. The summed E-state index contributed by atoms with van der Waals surface area (Å²) in [7, 11) is 0. The number of hydrogen-bond acceptors (Lipinski definition) is 1. The molecule has 0 bridgehead atoms. The van der Waals surface area contributed by atoms with E-state index in [-0.39, 0.29) is 0 Å². The summed E-state index contributed by atoms with van der Waals surface area (Å²) in [6, 6.07) is 45.5. The number of hydrogen-bond donors (Lipinski definition) is 0. The molecule has 10 aromatic rings. The van der Waals surface area contributed by atoms with Crippen LogP contribution < -0.4 is 0 Å². The van der Waals surface area contributed by atoms with Crippen LogP contribution in [0.4, 0.5) is 0 Å². The molecular formula is C44H26O. The average molecular weight is 571 g/mol. The Bertz CT molecular complexity index is 2930. The molecule has 11 rings (SSSR count). The summed E-state index contributed by atoms with van der Waals surface area (Å²) in [5, 5.41) is 15.6. The van der Waals surface area contributed by atoms with Crippen molar-refractivity contribution >= 4 is 75.8 Å². The lowest BCUT2D eigenvalue weighted by Crippen LogP contribution is -1.90. The van der Waals surface area contributed by atoms with Gasteiger partial charge in [-0.1, -0.05) is 91.0 Å². The standard InChI is InChI=1S/C44H26O/c1-23-16-27-17-24(2)19-39-37-22-35-33-15-14-28(26-11-12-30-29-7-3-4-9-40(29)45-41(30)20-26)32-13-10-25-6-5-8-31(43(25)44(32)33)34(35)21-36(37)38(18-23)42(27)39/h3-22H,1-2H3. The molecule has 1 heterocycles. The smallest absolute Gasteiger partial charge is 0.136 e. The van der Waals surface area contributed by atoms with Gasteiger partial charge in [-0.25, -0.2) is 0 Å². The molecular weight excluding hydrogens is 544 g/mol. The van der Waals surface area contributed by atoms with Gasteiger partial charge in [0.15, 0.2) is 0 Å². The first kappa shape index (κ1) is 23.8. The zero-order chi connectivity index (χ0) is 29.6. The fourth-order valence-corrected chi connectivity index (χ4v) is 8.55. The molecule has 0 radical (unpaired) electrons.